The van der Waals surface area contributed by atoms with Gasteiger partial charge in [-0.2, -0.15) is 0 Å². The van der Waals surface area contributed by atoms with E-state index < -0.39 is 15.6 Å². The monoisotopic (exact) mass is 246 g/mol. The molecule has 0 radical (unpaired) electrons. The van der Waals surface area contributed by atoms with E-state index in [2.05, 4.69) is 0 Å². The van der Waals surface area contributed by atoms with Gasteiger partial charge in [0.05, 0.1) is 5.75 Å². The Balaban J connectivity index is 2.78. The van der Waals surface area contributed by atoms with Gasteiger partial charge in [0.25, 0.3) is 0 Å². The Bertz CT molecular complexity index is 448. The van der Waals surface area contributed by atoms with E-state index in [1.807, 2.05) is 0 Å². The van der Waals surface area contributed by atoms with Gasteiger partial charge in [0.2, 0.25) is 0 Å². The lowest BCUT2D eigenvalue weighted by atomic mass is 10.2. The van der Waals surface area contributed by atoms with E-state index >= 15 is 0 Å². The molecule has 0 atom stereocenters. The molecule has 15 heavy (non-hydrogen) atoms. The summed E-state index contributed by atoms with van der Waals surface area (Å²) in [6.45, 7) is 1.26. The average molecular weight is 247 g/mol. The highest BCUT2D eigenvalue weighted by atomic mass is 35.5. The zero-order valence-corrected chi connectivity index (χ0v) is 9.81. The molecule has 0 saturated heterocycles. The Morgan fingerprint density at radius 1 is 1.27 bits per heavy atom. The van der Waals surface area contributed by atoms with Crippen LogP contribution in [0.4, 0.5) is 0 Å². The summed E-state index contributed by atoms with van der Waals surface area (Å²) in [4.78, 5) is 10.7. The maximum atomic E-state index is 11.4. The van der Waals surface area contributed by atoms with Crippen molar-refractivity contribution in [3.05, 3.63) is 34.9 Å². The van der Waals surface area contributed by atoms with Crippen LogP contribution in [0.25, 0.3) is 0 Å². The maximum absolute atomic E-state index is 11.4. The number of carbonyl (C=O) groups excluding carboxylic acids is 1. The molecule has 0 aromatic heterocycles. The van der Waals surface area contributed by atoms with E-state index in [0.717, 1.165) is 0 Å². The standard InChI is InChI=1S/C10H11ClO3S/c1-8(12)6-15(13,14)7-9-2-4-10(11)5-3-9/h2-5H,6-7H2,1H3. The lowest BCUT2D eigenvalue weighted by Gasteiger charge is -2.02. The normalized spacial score (nSPS) is 11.3. The number of rotatable bonds is 4. The molecule has 5 heteroatoms. The van der Waals surface area contributed by atoms with Gasteiger partial charge in [-0.1, -0.05) is 23.7 Å². The number of carbonyl (C=O) groups is 1. The maximum Gasteiger partial charge on any atom is 0.161 e. The van der Waals surface area contributed by atoms with Crippen molar-refractivity contribution in [2.45, 2.75) is 12.7 Å². The second-order valence-electron chi connectivity index (χ2n) is 3.36. The van der Waals surface area contributed by atoms with E-state index in [1.165, 1.54) is 6.92 Å². The van der Waals surface area contributed by atoms with Crippen LogP contribution in [0.2, 0.25) is 5.02 Å². The number of ketones is 1. The van der Waals surface area contributed by atoms with Gasteiger partial charge in [0, 0.05) is 5.02 Å². The van der Waals surface area contributed by atoms with Crippen molar-refractivity contribution in [2.75, 3.05) is 5.75 Å². The van der Waals surface area contributed by atoms with Gasteiger partial charge in [-0.15, -0.1) is 0 Å². The van der Waals surface area contributed by atoms with Crippen LogP contribution in [-0.4, -0.2) is 20.0 Å². The van der Waals surface area contributed by atoms with Crippen LogP contribution in [0.3, 0.4) is 0 Å². The van der Waals surface area contributed by atoms with Crippen molar-refractivity contribution in [3.63, 3.8) is 0 Å². The molecule has 0 bridgehead atoms. The summed E-state index contributed by atoms with van der Waals surface area (Å²) in [5.74, 6) is -0.872. The minimum Gasteiger partial charge on any atom is -0.299 e. The summed E-state index contributed by atoms with van der Waals surface area (Å²) >= 11 is 5.66. The van der Waals surface area contributed by atoms with Crippen LogP contribution < -0.4 is 0 Å². The van der Waals surface area contributed by atoms with Crippen LogP contribution >= 0.6 is 11.6 Å². The Morgan fingerprint density at radius 3 is 2.27 bits per heavy atom. The predicted molar refractivity (Wildman–Crippen MR) is 59.6 cm³/mol. The number of benzene rings is 1. The number of Topliss-reactive ketones (excluding diaryl/α,β-unsaturated/α-hetero) is 1. The molecular weight excluding hydrogens is 236 g/mol. The molecule has 82 valence electrons. The number of halogens is 1. The van der Waals surface area contributed by atoms with Gasteiger partial charge in [0.15, 0.2) is 9.84 Å². The predicted octanol–water partition coefficient (Wildman–Crippen LogP) is 1.84. The molecule has 0 fully saturated rings. The van der Waals surface area contributed by atoms with Gasteiger partial charge < -0.3 is 0 Å². The number of sulfone groups is 1. The van der Waals surface area contributed by atoms with Crippen molar-refractivity contribution >= 4 is 27.2 Å². The molecule has 1 aromatic carbocycles. The first-order chi connectivity index (χ1) is 6.89. The summed E-state index contributed by atoms with van der Waals surface area (Å²) in [7, 11) is -3.34. The SMILES string of the molecule is CC(=O)CS(=O)(=O)Cc1ccc(Cl)cc1. The summed E-state index contributed by atoms with van der Waals surface area (Å²) in [5.41, 5.74) is 0.639. The van der Waals surface area contributed by atoms with Crippen molar-refractivity contribution in [1.82, 2.24) is 0 Å². The molecule has 0 N–H and O–H groups in total. The first kappa shape index (κ1) is 12.2. The molecule has 1 aromatic rings. The molecule has 0 unspecified atom stereocenters. The van der Waals surface area contributed by atoms with Crippen molar-refractivity contribution in [3.8, 4) is 0 Å². The van der Waals surface area contributed by atoms with E-state index in [9.17, 15) is 13.2 Å². The second-order valence-corrected chi connectivity index (χ2v) is 5.86. The lowest BCUT2D eigenvalue weighted by molar-refractivity contribution is -0.114. The zero-order chi connectivity index (χ0) is 11.5. The lowest BCUT2D eigenvalue weighted by Crippen LogP contribution is -2.15. The van der Waals surface area contributed by atoms with E-state index in [1.54, 1.807) is 24.3 Å². The van der Waals surface area contributed by atoms with E-state index in [-0.39, 0.29) is 11.5 Å². The van der Waals surface area contributed by atoms with Gasteiger partial charge in [0.1, 0.15) is 11.5 Å². The van der Waals surface area contributed by atoms with Gasteiger partial charge >= 0.3 is 0 Å². The van der Waals surface area contributed by atoms with Crippen molar-refractivity contribution in [1.29, 1.82) is 0 Å². The Morgan fingerprint density at radius 2 is 1.80 bits per heavy atom. The third kappa shape index (κ3) is 4.44. The first-order valence-electron chi connectivity index (χ1n) is 4.33. The highest BCUT2D eigenvalue weighted by Crippen LogP contribution is 2.12. The summed E-state index contributed by atoms with van der Waals surface area (Å²) in [6, 6.07) is 6.53. The third-order valence-electron chi connectivity index (χ3n) is 1.72. The van der Waals surface area contributed by atoms with Crippen molar-refractivity contribution < 1.29 is 13.2 Å². The molecule has 0 amide bonds. The minimum atomic E-state index is -3.34. The summed E-state index contributed by atoms with van der Waals surface area (Å²) in [6.07, 6.45) is 0. The highest BCUT2D eigenvalue weighted by Gasteiger charge is 2.14. The Kier molecular flexibility index (Phi) is 3.88. The Hall–Kier alpha value is -0.870. The molecule has 1 rings (SSSR count). The van der Waals surface area contributed by atoms with Crippen LogP contribution in [-0.2, 0) is 20.4 Å². The molecule has 0 saturated carbocycles. The topological polar surface area (TPSA) is 51.2 Å². The average Bonchev–Trinajstić information content (AvgIpc) is 2.06. The molecule has 0 aliphatic rings. The third-order valence-corrected chi connectivity index (χ3v) is 3.59. The molecule has 0 spiro atoms. The van der Waals surface area contributed by atoms with E-state index in [4.69, 9.17) is 11.6 Å². The Labute approximate surface area is 94.0 Å². The van der Waals surface area contributed by atoms with Crippen LogP contribution in [0.15, 0.2) is 24.3 Å². The number of hydrogen-bond donors (Lipinski definition) is 0. The first-order valence-corrected chi connectivity index (χ1v) is 6.53. The fourth-order valence-corrected chi connectivity index (χ4v) is 2.74. The zero-order valence-electron chi connectivity index (χ0n) is 8.23. The second kappa shape index (κ2) is 4.77. The fraction of sp³-hybridized carbons (Fsp3) is 0.300. The molecule has 3 nitrogen and oxygen atoms in total. The molecular formula is C10H11ClO3S. The van der Waals surface area contributed by atoms with Crippen molar-refractivity contribution in [2.24, 2.45) is 0 Å². The summed E-state index contributed by atoms with van der Waals surface area (Å²) in [5, 5.41) is 0.558. The minimum absolute atomic E-state index is 0.121. The van der Waals surface area contributed by atoms with Crippen LogP contribution in [0, 0.1) is 0 Å². The van der Waals surface area contributed by atoms with Crippen LogP contribution in [0.1, 0.15) is 12.5 Å². The quantitative estimate of drug-likeness (QED) is 0.815. The van der Waals surface area contributed by atoms with Gasteiger partial charge in [-0.05, 0) is 24.6 Å². The molecule has 0 heterocycles. The van der Waals surface area contributed by atoms with Crippen LogP contribution in [0.5, 0.6) is 0 Å². The van der Waals surface area contributed by atoms with Gasteiger partial charge in [-0.3, -0.25) is 4.79 Å². The number of hydrogen-bond acceptors (Lipinski definition) is 3. The molecule has 0 aliphatic carbocycles. The van der Waals surface area contributed by atoms with E-state index in [0.29, 0.717) is 10.6 Å². The smallest absolute Gasteiger partial charge is 0.161 e. The summed E-state index contributed by atoms with van der Waals surface area (Å²) < 4.78 is 22.9. The fourth-order valence-electron chi connectivity index (χ4n) is 1.20. The highest BCUT2D eigenvalue weighted by molar-refractivity contribution is 7.91. The largest absolute Gasteiger partial charge is 0.299 e. The van der Waals surface area contributed by atoms with Gasteiger partial charge in [-0.25, -0.2) is 8.42 Å². The molecule has 0 aliphatic heterocycles.